The van der Waals surface area contributed by atoms with Gasteiger partial charge in [0, 0.05) is 12.6 Å². The highest BCUT2D eigenvalue weighted by Gasteiger charge is 2.25. The minimum absolute atomic E-state index is 0.138. The van der Waals surface area contributed by atoms with Crippen LogP contribution in [0.3, 0.4) is 0 Å². The SMILES string of the molecule is CC(CN)N1CCC(C(=O)O)CC1. The van der Waals surface area contributed by atoms with Gasteiger partial charge in [0.25, 0.3) is 0 Å². The molecule has 1 atom stereocenters. The molecule has 0 aromatic rings. The monoisotopic (exact) mass is 186 g/mol. The van der Waals surface area contributed by atoms with Crippen LogP contribution in [0.15, 0.2) is 0 Å². The molecule has 1 rings (SSSR count). The van der Waals surface area contributed by atoms with Gasteiger partial charge in [-0.3, -0.25) is 9.69 Å². The van der Waals surface area contributed by atoms with Crippen molar-refractivity contribution in [3.05, 3.63) is 0 Å². The van der Waals surface area contributed by atoms with Gasteiger partial charge in [-0.05, 0) is 32.9 Å². The summed E-state index contributed by atoms with van der Waals surface area (Å²) in [5.74, 6) is -0.790. The van der Waals surface area contributed by atoms with Crippen molar-refractivity contribution in [2.45, 2.75) is 25.8 Å². The summed E-state index contributed by atoms with van der Waals surface area (Å²) in [6.45, 7) is 4.48. The van der Waals surface area contributed by atoms with E-state index in [2.05, 4.69) is 11.8 Å². The second-order valence-corrected chi connectivity index (χ2v) is 3.73. The van der Waals surface area contributed by atoms with E-state index >= 15 is 0 Å². The molecule has 1 aliphatic heterocycles. The minimum Gasteiger partial charge on any atom is -0.481 e. The number of likely N-dealkylation sites (tertiary alicyclic amines) is 1. The van der Waals surface area contributed by atoms with Gasteiger partial charge in [-0.1, -0.05) is 0 Å². The fourth-order valence-corrected chi connectivity index (χ4v) is 1.74. The van der Waals surface area contributed by atoms with E-state index in [1.165, 1.54) is 0 Å². The van der Waals surface area contributed by atoms with Gasteiger partial charge >= 0.3 is 5.97 Å². The molecular weight excluding hydrogens is 168 g/mol. The normalized spacial score (nSPS) is 22.9. The van der Waals surface area contributed by atoms with Gasteiger partial charge in [0.15, 0.2) is 0 Å². The molecule has 1 saturated heterocycles. The number of hydrogen-bond acceptors (Lipinski definition) is 3. The summed E-state index contributed by atoms with van der Waals surface area (Å²) in [6.07, 6.45) is 1.53. The van der Waals surface area contributed by atoms with Gasteiger partial charge < -0.3 is 10.8 Å². The molecule has 0 spiro atoms. The molecule has 1 heterocycles. The van der Waals surface area contributed by atoms with Crippen molar-refractivity contribution in [1.29, 1.82) is 0 Å². The Balaban J connectivity index is 2.34. The van der Waals surface area contributed by atoms with Crippen molar-refractivity contribution in [1.82, 2.24) is 4.90 Å². The third-order valence-corrected chi connectivity index (χ3v) is 2.84. The molecule has 1 unspecified atom stereocenters. The first-order chi connectivity index (χ1) is 6.15. The second-order valence-electron chi connectivity index (χ2n) is 3.73. The molecule has 13 heavy (non-hydrogen) atoms. The third kappa shape index (κ3) is 2.67. The number of carboxylic acid groups (broad SMARTS) is 1. The number of aliphatic carboxylic acids is 1. The Morgan fingerprint density at radius 2 is 2.15 bits per heavy atom. The van der Waals surface area contributed by atoms with Crippen LogP contribution < -0.4 is 5.73 Å². The Labute approximate surface area is 78.7 Å². The van der Waals surface area contributed by atoms with Crippen molar-refractivity contribution in [2.75, 3.05) is 19.6 Å². The molecule has 0 aromatic carbocycles. The third-order valence-electron chi connectivity index (χ3n) is 2.84. The summed E-state index contributed by atoms with van der Waals surface area (Å²) in [7, 11) is 0. The predicted molar refractivity (Wildman–Crippen MR) is 50.4 cm³/mol. The van der Waals surface area contributed by atoms with Crippen molar-refractivity contribution in [2.24, 2.45) is 11.7 Å². The smallest absolute Gasteiger partial charge is 0.306 e. The summed E-state index contributed by atoms with van der Waals surface area (Å²) in [5, 5.41) is 8.78. The van der Waals surface area contributed by atoms with E-state index in [1.54, 1.807) is 0 Å². The maximum Gasteiger partial charge on any atom is 0.306 e. The van der Waals surface area contributed by atoms with Gasteiger partial charge in [-0.2, -0.15) is 0 Å². The number of piperidine rings is 1. The topological polar surface area (TPSA) is 66.6 Å². The highest BCUT2D eigenvalue weighted by Crippen LogP contribution is 2.18. The fourth-order valence-electron chi connectivity index (χ4n) is 1.74. The molecule has 4 heteroatoms. The maximum atomic E-state index is 10.7. The van der Waals surface area contributed by atoms with Crippen molar-refractivity contribution in [3.8, 4) is 0 Å². The van der Waals surface area contributed by atoms with Crippen LogP contribution in [-0.4, -0.2) is 41.7 Å². The van der Waals surface area contributed by atoms with E-state index in [4.69, 9.17) is 10.8 Å². The molecule has 0 saturated carbocycles. The second kappa shape index (κ2) is 4.58. The van der Waals surface area contributed by atoms with Crippen molar-refractivity contribution in [3.63, 3.8) is 0 Å². The lowest BCUT2D eigenvalue weighted by Gasteiger charge is -2.34. The van der Waals surface area contributed by atoms with E-state index in [0.29, 0.717) is 12.6 Å². The first-order valence-electron chi connectivity index (χ1n) is 4.82. The van der Waals surface area contributed by atoms with Gasteiger partial charge in [0.2, 0.25) is 0 Å². The van der Waals surface area contributed by atoms with Gasteiger partial charge in [0.05, 0.1) is 5.92 Å². The van der Waals surface area contributed by atoms with Crippen molar-refractivity contribution >= 4 is 5.97 Å². The lowest BCUT2D eigenvalue weighted by atomic mass is 9.96. The Kier molecular flexibility index (Phi) is 3.69. The number of carboxylic acids is 1. The fraction of sp³-hybridized carbons (Fsp3) is 0.889. The van der Waals surface area contributed by atoms with E-state index in [1.807, 2.05) is 0 Å². The van der Waals surface area contributed by atoms with Crippen LogP contribution in [0.4, 0.5) is 0 Å². The Bertz CT molecular complexity index is 176. The van der Waals surface area contributed by atoms with E-state index < -0.39 is 5.97 Å². The summed E-state index contributed by atoms with van der Waals surface area (Å²) in [4.78, 5) is 12.9. The number of hydrogen-bond donors (Lipinski definition) is 2. The average Bonchev–Trinajstić information content (AvgIpc) is 2.17. The molecule has 76 valence electrons. The van der Waals surface area contributed by atoms with Crippen LogP contribution in [0.1, 0.15) is 19.8 Å². The average molecular weight is 186 g/mol. The van der Waals surface area contributed by atoms with Gasteiger partial charge in [-0.15, -0.1) is 0 Å². The van der Waals surface area contributed by atoms with Gasteiger partial charge in [-0.25, -0.2) is 0 Å². The number of rotatable bonds is 3. The summed E-state index contributed by atoms with van der Waals surface area (Å²) < 4.78 is 0. The Morgan fingerprint density at radius 3 is 2.54 bits per heavy atom. The first-order valence-corrected chi connectivity index (χ1v) is 4.82. The minimum atomic E-state index is -0.653. The molecule has 3 N–H and O–H groups in total. The van der Waals surface area contributed by atoms with Crippen LogP contribution in [0, 0.1) is 5.92 Å². The largest absolute Gasteiger partial charge is 0.481 e. The van der Waals surface area contributed by atoms with Crippen LogP contribution >= 0.6 is 0 Å². The molecule has 1 fully saturated rings. The number of nitrogens with two attached hydrogens (primary N) is 1. The van der Waals surface area contributed by atoms with E-state index in [-0.39, 0.29) is 5.92 Å². The molecule has 0 amide bonds. The van der Waals surface area contributed by atoms with Crippen molar-refractivity contribution < 1.29 is 9.90 Å². The molecule has 1 aliphatic rings. The maximum absolute atomic E-state index is 10.7. The van der Waals surface area contributed by atoms with E-state index in [9.17, 15) is 4.79 Å². The molecule has 0 radical (unpaired) electrons. The molecule has 0 aliphatic carbocycles. The molecule has 0 aromatic heterocycles. The van der Waals surface area contributed by atoms with Crippen LogP contribution in [-0.2, 0) is 4.79 Å². The van der Waals surface area contributed by atoms with Gasteiger partial charge in [0.1, 0.15) is 0 Å². The zero-order valence-electron chi connectivity index (χ0n) is 8.07. The first kappa shape index (κ1) is 10.5. The van der Waals surface area contributed by atoms with E-state index in [0.717, 1.165) is 25.9 Å². The zero-order valence-corrected chi connectivity index (χ0v) is 8.07. The Hall–Kier alpha value is -0.610. The predicted octanol–water partition coefficient (Wildman–Crippen LogP) is 0.130. The Morgan fingerprint density at radius 1 is 1.62 bits per heavy atom. The molecular formula is C9H18N2O2. The summed E-state index contributed by atoms with van der Waals surface area (Å²) in [6, 6.07) is 0.384. The lowest BCUT2D eigenvalue weighted by Crippen LogP contribution is -2.44. The molecule has 0 bridgehead atoms. The standard InChI is InChI=1S/C9H18N2O2/c1-7(6-10)11-4-2-8(3-5-11)9(12)13/h7-8H,2-6,10H2,1H3,(H,12,13). The number of nitrogens with zero attached hydrogens (tertiary/aromatic N) is 1. The lowest BCUT2D eigenvalue weighted by molar-refractivity contribution is -0.143. The summed E-state index contributed by atoms with van der Waals surface area (Å²) >= 11 is 0. The highest BCUT2D eigenvalue weighted by molar-refractivity contribution is 5.70. The zero-order chi connectivity index (χ0) is 9.84. The summed E-state index contributed by atoms with van der Waals surface area (Å²) in [5.41, 5.74) is 5.54. The van der Waals surface area contributed by atoms with Crippen LogP contribution in [0.2, 0.25) is 0 Å². The van der Waals surface area contributed by atoms with Crippen LogP contribution in [0.25, 0.3) is 0 Å². The number of carbonyl (C=O) groups is 1. The quantitative estimate of drug-likeness (QED) is 0.657. The van der Waals surface area contributed by atoms with Crippen LogP contribution in [0.5, 0.6) is 0 Å². The highest BCUT2D eigenvalue weighted by atomic mass is 16.4. The molecule has 4 nitrogen and oxygen atoms in total.